The van der Waals surface area contributed by atoms with Crippen molar-refractivity contribution >= 4 is 22.0 Å². The lowest BCUT2D eigenvalue weighted by atomic mass is 9.94. The highest BCUT2D eigenvalue weighted by Gasteiger charge is 2.28. The topological polar surface area (TPSA) is 62.4 Å². The van der Waals surface area contributed by atoms with Crippen molar-refractivity contribution in [2.24, 2.45) is 0 Å². The minimum atomic E-state index is -0.490. The maximum absolute atomic E-state index is 12.1. The lowest BCUT2D eigenvalue weighted by Gasteiger charge is -2.34. The molecule has 116 valence electrons. The van der Waals surface area contributed by atoms with Crippen LogP contribution in [0.4, 0.5) is 4.79 Å². The molecule has 1 unspecified atom stereocenters. The van der Waals surface area contributed by atoms with E-state index in [4.69, 9.17) is 4.74 Å². The Hall–Kier alpha value is -1.30. The summed E-state index contributed by atoms with van der Waals surface area (Å²) in [5, 5.41) is 0. The van der Waals surface area contributed by atoms with Crippen molar-refractivity contribution in [2.75, 3.05) is 13.1 Å². The molecule has 0 bridgehead atoms. The predicted molar refractivity (Wildman–Crippen MR) is 84.5 cm³/mol. The van der Waals surface area contributed by atoms with E-state index in [2.05, 4.69) is 20.9 Å². The molecule has 0 spiro atoms. The van der Waals surface area contributed by atoms with Gasteiger partial charge in [0, 0.05) is 24.7 Å². The molecule has 1 amide bonds. The summed E-state index contributed by atoms with van der Waals surface area (Å²) in [4.78, 5) is 28.4. The molecule has 0 aliphatic carbocycles. The van der Waals surface area contributed by atoms with Gasteiger partial charge < -0.3 is 14.6 Å². The number of carbonyl (C=O) groups is 1. The van der Waals surface area contributed by atoms with Gasteiger partial charge in [0.25, 0.3) is 5.56 Å². The van der Waals surface area contributed by atoms with Crippen LogP contribution in [0.1, 0.15) is 45.2 Å². The molecule has 1 fully saturated rings. The van der Waals surface area contributed by atoms with Gasteiger partial charge in [-0.3, -0.25) is 4.79 Å². The van der Waals surface area contributed by atoms with E-state index < -0.39 is 5.60 Å². The Morgan fingerprint density at radius 2 is 2.14 bits per heavy atom. The molecule has 21 heavy (non-hydrogen) atoms. The fourth-order valence-electron chi connectivity index (χ4n) is 2.43. The van der Waals surface area contributed by atoms with Gasteiger partial charge in [-0.15, -0.1) is 0 Å². The predicted octanol–water partition coefficient (Wildman–Crippen LogP) is 3.25. The number of aromatic nitrogens is 1. The molecule has 1 aliphatic rings. The number of H-pyrrole nitrogens is 1. The van der Waals surface area contributed by atoms with Gasteiger partial charge in [0.2, 0.25) is 0 Å². The molecule has 1 aliphatic heterocycles. The molecule has 5 nitrogen and oxygen atoms in total. The van der Waals surface area contributed by atoms with E-state index in [0.717, 1.165) is 18.5 Å². The summed E-state index contributed by atoms with van der Waals surface area (Å²) in [5.41, 5.74) is 0.244. The van der Waals surface area contributed by atoms with Gasteiger partial charge in [-0.05, 0) is 61.7 Å². The van der Waals surface area contributed by atoms with Crippen LogP contribution in [-0.4, -0.2) is 34.7 Å². The minimum Gasteiger partial charge on any atom is -0.444 e. The van der Waals surface area contributed by atoms with Crippen LogP contribution in [0.5, 0.6) is 0 Å². The van der Waals surface area contributed by atoms with Crippen LogP contribution < -0.4 is 5.56 Å². The number of amides is 1. The van der Waals surface area contributed by atoms with Crippen LogP contribution in [-0.2, 0) is 4.74 Å². The first-order chi connectivity index (χ1) is 9.76. The molecule has 1 saturated heterocycles. The summed E-state index contributed by atoms with van der Waals surface area (Å²) in [6, 6.07) is 3.65. The molecule has 2 rings (SSSR count). The van der Waals surface area contributed by atoms with Crippen LogP contribution in [0.25, 0.3) is 0 Å². The van der Waals surface area contributed by atoms with Gasteiger partial charge in [0.1, 0.15) is 5.60 Å². The van der Waals surface area contributed by atoms with Crippen molar-refractivity contribution in [1.82, 2.24) is 9.88 Å². The molecule has 0 saturated carbocycles. The van der Waals surface area contributed by atoms with Crippen molar-refractivity contribution in [3.8, 4) is 0 Å². The van der Waals surface area contributed by atoms with Crippen LogP contribution >= 0.6 is 15.9 Å². The number of likely N-dealkylation sites (tertiary alicyclic amines) is 1. The smallest absolute Gasteiger partial charge is 0.410 e. The van der Waals surface area contributed by atoms with Gasteiger partial charge in [-0.1, -0.05) is 0 Å². The molecule has 6 heteroatoms. The van der Waals surface area contributed by atoms with Crippen LogP contribution in [0.3, 0.4) is 0 Å². The van der Waals surface area contributed by atoms with Gasteiger partial charge in [-0.25, -0.2) is 4.79 Å². The molecule has 1 aromatic rings. The number of piperidine rings is 1. The highest BCUT2D eigenvalue weighted by atomic mass is 79.9. The lowest BCUT2D eigenvalue weighted by Crippen LogP contribution is -2.42. The van der Waals surface area contributed by atoms with Crippen molar-refractivity contribution in [1.29, 1.82) is 0 Å². The second kappa shape index (κ2) is 6.22. The third-order valence-corrected chi connectivity index (χ3v) is 4.02. The van der Waals surface area contributed by atoms with Crippen LogP contribution in [0, 0.1) is 0 Å². The summed E-state index contributed by atoms with van der Waals surface area (Å²) < 4.78 is 5.93. The SMILES string of the molecule is CC(C)(C)OC(=O)N1CCCC(c2ccc(Br)c(=O)[nH]2)C1. The zero-order valence-corrected chi connectivity index (χ0v) is 14.2. The molecular formula is C15H21BrN2O3. The highest BCUT2D eigenvalue weighted by Crippen LogP contribution is 2.26. The Balaban J connectivity index is 2.08. The van der Waals surface area contributed by atoms with Crippen LogP contribution in [0.15, 0.2) is 21.4 Å². The molecule has 1 N–H and O–H groups in total. The molecular weight excluding hydrogens is 336 g/mol. The van der Waals surface area contributed by atoms with E-state index in [-0.39, 0.29) is 17.6 Å². The van der Waals surface area contributed by atoms with Gasteiger partial charge in [-0.2, -0.15) is 0 Å². The van der Waals surface area contributed by atoms with Gasteiger partial charge >= 0.3 is 6.09 Å². The number of hydrogen-bond acceptors (Lipinski definition) is 3. The minimum absolute atomic E-state index is 0.137. The number of nitrogens with zero attached hydrogens (tertiary/aromatic N) is 1. The maximum atomic E-state index is 12.1. The Kier molecular flexibility index (Phi) is 4.76. The van der Waals surface area contributed by atoms with E-state index in [1.165, 1.54) is 0 Å². The monoisotopic (exact) mass is 356 g/mol. The number of ether oxygens (including phenoxy) is 1. The molecule has 0 radical (unpaired) electrons. The summed E-state index contributed by atoms with van der Waals surface area (Å²) in [6.07, 6.45) is 1.57. The van der Waals surface area contributed by atoms with E-state index >= 15 is 0 Å². The first kappa shape index (κ1) is 16.1. The average molecular weight is 357 g/mol. The fourth-order valence-corrected chi connectivity index (χ4v) is 2.66. The largest absolute Gasteiger partial charge is 0.444 e. The quantitative estimate of drug-likeness (QED) is 0.839. The third-order valence-electron chi connectivity index (χ3n) is 3.40. The fraction of sp³-hybridized carbons (Fsp3) is 0.600. The number of carbonyl (C=O) groups excluding carboxylic acids is 1. The van der Waals surface area contributed by atoms with Gasteiger partial charge in [0.05, 0.1) is 4.47 Å². The number of pyridine rings is 1. The van der Waals surface area contributed by atoms with E-state index in [0.29, 0.717) is 17.6 Å². The van der Waals surface area contributed by atoms with Crippen molar-refractivity contribution in [3.05, 3.63) is 32.7 Å². The van der Waals surface area contributed by atoms with E-state index in [1.807, 2.05) is 26.8 Å². The van der Waals surface area contributed by atoms with Crippen molar-refractivity contribution in [2.45, 2.75) is 45.1 Å². The number of halogens is 1. The third kappa shape index (κ3) is 4.33. The van der Waals surface area contributed by atoms with Crippen LogP contribution in [0.2, 0.25) is 0 Å². The summed E-state index contributed by atoms with van der Waals surface area (Å²) in [7, 11) is 0. The molecule has 2 heterocycles. The summed E-state index contributed by atoms with van der Waals surface area (Å²) in [5.74, 6) is 0.145. The average Bonchev–Trinajstić information content (AvgIpc) is 2.40. The Morgan fingerprint density at radius 3 is 2.76 bits per heavy atom. The number of aromatic amines is 1. The second-order valence-electron chi connectivity index (χ2n) is 6.36. The Labute approximate surface area is 132 Å². The van der Waals surface area contributed by atoms with Crippen molar-refractivity contribution < 1.29 is 9.53 Å². The summed E-state index contributed by atoms with van der Waals surface area (Å²) >= 11 is 3.19. The zero-order chi connectivity index (χ0) is 15.6. The number of rotatable bonds is 1. The van der Waals surface area contributed by atoms with Crippen molar-refractivity contribution in [3.63, 3.8) is 0 Å². The van der Waals surface area contributed by atoms with E-state index in [1.54, 1.807) is 11.0 Å². The van der Waals surface area contributed by atoms with E-state index in [9.17, 15) is 9.59 Å². The molecule has 1 aromatic heterocycles. The Bertz CT molecular complexity index is 577. The molecule has 1 atom stereocenters. The van der Waals surface area contributed by atoms with Gasteiger partial charge in [0.15, 0.2) is 0 Å². The lowest BCUT2D eigenvalue weighted by molar-refractivity contribution is 0.0197. The normalized spacial score (nSPS) is 19.4. The Morgan fingerprint density at radius 1 is 1.43 bits per heavy atom. The standard InChI is InChI=1S/C15H21BrN2O3/c1-15(2,3)21-14(20)18-8-4-5-10(9-18)12-7-6-11(16)13(19)17-12/h6-7,10H,4-5,8-9H2,1-3H3,(H,17,19). The first-order valence-electron chi connectivity index (χ1n) is 7.13. The second-order valence-corrected chi connectivity index (χ2v) is 7.21. The molecule has 0 aromatic carbocycles. The first-order valence-corrected chi connectivity index (χ1v) is 7.92. The number of nitrogens with one attached hydrogen (secondary N) is 1. The maximum Gasteiger partial charge on any atom is 0.410 e. The summed E-state index contributed by atoms with van der Waals surface area (Å²) in [6.45, 7) is 6.86. The zero-order valence-electron chi connectivity index (χ0n) is 12.6. The highest BCUT2D eigenvalue weighted by molar-refractivity contribution is 9.10. The number of hydrogen-bond donors (Lipinski definition) is 1.